The number of halogens is 5. The van der Waals surface area contributed by atoms with E-state index < -0.39 is 54.1 Å². The summed E-state index contributed by atoms with van der Waals surface area (Å²) in [6, 6.07) is 13.2. The lowest BCUT2D eigenvalue weighted by molar-refractivity contribution is 0.00897. The number of rotatable bonds is 4. The Hall–Kier alpha value is -3.43. The number of nitrogens with zero attached hydrogens (tertiary/aromatic N) is 2. The van der Waals surface area contributed by atoms with Crippen LogP contribution in [-0.4, -0.2) is 30.0 Å². The van der Waals surface area contributed by atoms with Gasteiger partial charge in [-0.3, -0.25) is 4.79 Å². The van der Waals surface area contributed by atoms with E-state index in [1.54, 1.807) is 6.07 Å². The fourth-order valence-electron chi connectivity index (χ4n) is 3.49. The molecule has 1 aliphatic rings. The van der Waals surface area contributed by atoms with Gasteiger partial charge in [-0.25, -0.2) is 27.8 Å². The smallest absolute Gasteiger partial charge is 0.414 e. The highest BCUT2D eigenvalue weighted by atomic mass is 31.2. The largest absolute Gasteiger partial charge is 0.459 e. The molecule has 0 bridgehead atoms. The number of hydrogen-bond donors (Lipinski definition) is 0. The molecular weight excluding hydrogens is 482 g/mol. The normalized spacial score (nSPS) is 20.1. The fourth-order valence-corrected chi connectivity index (χ4v) is 5.69. The van der Waals surface area contributed by atoms with Crippen molar-refractivity contribution in [1.29, 1.82) is 0 Å². The van der Waals surface area contributed by atoms with Crippen molar-refractivity contribution in [3.05, 3.63) is 94.8 Å². The molecule has 0 radical (unpaired) electrons. The van der Waals surface area contributed by atoms with E-state index in [9.17, 15) is 31.3 Å². The van der Waals surface area contributed by atoms with Gasteiger partial charge in [0.05, 0.1) is 5.56 Å². The van der Waals surface area contributed by atoms with Crippen LogP contribution in [0.5, 0.6) is 11.5 Å². The lowest BCUT2D eigenvalue weighted by atomic mass is 10.1. The Morgan fingerprint density at radius 2 is 1.38 bits per heavy atom. The molecule has 0 spiro atoms. The predicted molar refractivity (Wildman–Crippen MR) is 111 cm³/mol. The molecule has 1 aliphatic heterocycles. The third-order valence-electron chi connectivity index (χ3n) is 5.00. The molecule has 12 heteroatoms. The Morgan fingerprint density at radius 1 is 0.853 bits per heavy atom. The van der Waals surface area contributed by atoms with Gasteiger partial charge in [-0.15, -0.1) is 0 Å². The summed E-state index contributed by atoms with van der Waals surface area (Å²) in [7, 11) is -2.10. The Kier molecular flexibility index (Phi) is 6.09. The maximum atomic E-state index is 14.5. The maximum absolute atomic E-state index is 14.5. The van der Waals surface area contributed by atoms with Crippen molar-refractivity contribution in [1.82, 2.24) is 10.0 Å². The average Bonchev–Trinajstić information content (AvgIpc) is 2.92. The van der Waals surface area contributed by atoms with Crippen LogP contribution in [0, 0.1) is 29.1 Å². The lowest BCUT2D eigenvalue weighted by Crippen LogP contribution is -2.44. The van der Waals surface area contributed by atoms with Crippen LogP contribution in [0.4, 0.5) is 22.0 Å². The van der Waals surface area contributed by atoms with E-state index in [1.807, 2.05) is 0 Å². The molecule has 0 saturated heterocycles. The zero-order chi connectivity index (χ0) is 24.8. The van der Waals surface area contributed by atoms with Crippen LogP contribution in [0.1, 0.15) is 21.7 Å². The monoisotopic (exact) mass is 498 g/mol. The minimum absolute atomic E-state index is 0.0594. The van der Waals surface area contributed by atoms with Crippen molar-refractivity contribution in [3.63, 3.8) is 0 Å². The number of para-hydroxylation sites is 1. The fraction of sp³-hybridized carbons (Fsp3) is 0.136. The topological polar surface area (TPSA) is 59.1 Å². The molecule has 1 heterocycles. The summed E-state index contributed by atoms with van der Waals surface area (Å²) in [5, 5.41) is 2.22. The summed E-state index contributed by atoms with van der Waals surface area (Å²) in [5.74, 6) is -16.0. The number of fused-ring (bicyclic) bond motifs is 1. The van der Waals surface area contributed by atoms with Crippen LogP contribution in [0.15, 0.2) is 54.6 Å². The van der Waals surface area contributed by atoms with Crippen LogP contribution >= 0.6 is 7.60 Å². The Morgan fingerprint density at radius 3 is 1.97 bits per heavy atom. The van der Waals surface area contributed by atoms with Crippen LogP contribution in [0.25, 0.3) is 0 Å². The predicted octanol–water partition coefficient (Wildman–Crippen LogP) is 5.66. The minimum Gasteiger partial charge on any atom is -0.414 e. The van der Waals surface area contributed by atoms with Gasteiger partial charge in [0.2, 0.25) is 34.8 Å². The van der Waals surface area contributed by atoms with Gasteiger partial charge >= 0.3 is 7.60 Å². The van der Waals surface area contributed by atoms with Gasteiger partial charge in [-0.05, 0) is 17.7 Å². The first kappa shape index (κ1) is 23.7. The van der Waals surface area contributed by atoms with E-state index in [1.165, 1.54) is 67.6 Å². The minimum atomic E-state index is -4.97. The van der Waals surface area contributed by atoms with Gasteiger partial charge in [-0.2, -0.15) is 8.78 Å². The summed E-state index contributed by atoms with van der Waals surface area (Å²) < 4.78 is 95.1. The summed E-state index contributed by atoms with van der Waals surface area (Å²) in [6.45, 7) is 0. The van der Waals surface area contributed by atoms with E-state index in [0.29, 0.717) is 0 Å². The first-order valence-corrected chi connectivity index (χ1v) is 11.3. The SMILES string of the molecule is CN(C)N1C(=O)c2ccccc2OP(=O)(Oc2c(F)c(F)c(F)c(F)c2F)C1c1ccccc1. The zero-order valence-corrected chi connectivity index (χ0v) is 18.5. The second kappa shape index (κ2) is 8.73. The Balaban J connectivity index is 2.00. The summed E-state index contributed by atoms with van der Waals surface area (Å²) >= 11 is 0. The summed E-state index contributed by atoms with van der Waals surface area (Å²) in [6.07, 6.45) is 0. The Bertz CT molecular complexity index is 1290. The first-order valence-electron chi connectivity index (χ1n) is 9.72. The second-order valence-electron chi connectivity index (χ2n) is 7.40. The van der Waals surface area contributed by atoms with E-state index in [-0.39, 0.29) is 16.9 Å². The van der Waals surface area contributed by atoms with Crippen molar-refractivity contribution in [2.24, 2.45) is 0 Å². The van der Waals surface area contributed by atoms with Crippen LogP contribution in [-0.2, 0) is 4.57 Å². The molecule has 34 heavy (non-hydrogen) atoms. The lowest BCUT2D eigenvalue weighted by Gasteiger charge is -2.36. The molecule has 2 atom stereocenters. The number of amides is 1. The molecule has 1 amide bonds. The van der Waals surface area contributed by atoms with Crippen molar-refractivity contribution in [2.45, 2.75) is 5.78 Å². The van der Waals surface area contributed by atoms with Crippen molar-refractivity contribution in [3.8, 4) is 11.5 Å². The van der Waals surface area contributed by atoms with E-state index in [0.717, 1.165) is 5.01 Å². The second-order valence-corrected chi connectivity index (χ2v) is 9.33. The highest BCUT2D eigenvalue weighted by Gasteiger charge is 2.52. The molecular formula is C22H16F5N2O4P. The standard InChI is InChI=1S/C22H16F5N2O4P/c1-28(2)29-21(30)13-10-6-7-11-14(13)32-34(31,22(29)12-8-4-3-5-9-12)33-20-18(26)16(24)15(23)17(25)19(20)27/h3-11,22H,1-2H3. The molecule has 0 N–H and O–H groups in total. The number of carbonyl (C=O) groups excluding carboxylic acids is 1. The molecule has 178 valence electrons. The third kappa shape index (κ3) is 3.80. The molecule has 6 nitrogen and oxygen atoms in total. The molecule has 2 unspecified atom stereocenters. The van der Waals surface area contributed by atoms with Gasteiger partial charge in [-0.1, -0.05) is 42.5 Å². The molecule has 3 aromatic rings. The maximum Gasteiger partial charge on any atom is 0.459 e. The van der Waals surface area contributed by atoms with Crippen LogP contribution in [0.2, 0.25) is 0 Å². The van der Waals surface area contributed by atoms with E-state index in [2.05, 4.69) is 0 Å². The van der Waals surface area contributed by atoms with Gasteiger partial charge in [0, 0.05) is 14.1 Å². The third-order valence-corrected chi connectivity index (χ3v) is 7.00. The number of hydrazine groups is 1. The van der Waals surface area contributed by atoms with Gasteiger partial charge in [0.1, 0.15) is 5.75 Å². The molecule has 0 saturated carbocycles. The zero-order valence-electron chi connectivity index (χ0n) is 17.6. The van der Waals surface area contributed by atoms with E-state index in [4.69, 9.17) is 9.05 Å². The average molecular weight is 498 g/mol. The van der Waals surface area contributed by atoms with Gasteiger partial charge < -0.3 is 9.05 Å². The summed E-state index contributed by atoms with van der Waals surface area (Å²) in [5.41, 5.74) is 0.0976. The number of carbonyl (C=O) groups is 1. The van der Waals surface area contributed by atoms with Crippen molar-refractivity contribution >= 4 is 13.5 Å². The molecule has 0 aliphatic carbocycles. The van der Waals surface area contributed by atoms with Crippen LogP contribution < -0.4 is 9.05 Å². The van der Waals surface area contributed by atoms with Gasteiger partial charge in [0.25, 0.3) is 5.91 Å². The molecule has 3 aromatic carbocycles. The summed E-state index contributed by atoms with van der Waals surface area (Å²) in [4.78, 5) is 13.4. The molecule has 0 fully saturated rings. The first-order chi connectivity index (χ1) is 16.1. The Labute approximate surface area is 190 Å². The molecule has 4 rings (SSSR count). The van der Waals surface area contributed by atoms with E-state index >= 15 is 0 Å². The highest BCUT2D eigenvalue weighted by Crippen LogP contribution is 2.64. The van der Waals surface area contributed by atoms with Gasteiger partial charge in [0.15, 0.2) is 5.78 Å². The van der Waals surface area contributed by atoms with Crippen molar-refractivity contribution < 1.29 is 40.4 Å². The quantitative estimate of drug-likeness (QED) is 0.201. The van der Waals surface area contributed by atoms with Crippen LogP contribution in [0.3, 0.4) is 0 Å². The number of benzene rings is 3. The highest BCUT2D eigenvalue weighted by molar-refractivity contribution is 7.55. The number of hydrogen-bond acceptors (Lipinski definition) is 5. The van der Waals surface area contributed by atoms with Crippen molar-refractivity contribution in [2.75, 3.05) is 14.1 Å². The molecule has 0 aromatic heterocycles.